The highest BCUT2D eigenvalue weighted by atomic mass is 79.9. The van der Waals surface area contributed by atoms with Crippen LogP contribution >= 0.6 is 27.7 Å². The lowest BCUT2D eigenvalue weighted by Crippen LogP contribution is -2.03. The number of hydrogen-bond acceptors (Lipinski definition) is 4. The Bertz CT molecular complexity index is 562. The van der Waals surface area contributed by atoms with Crippen LogP contribution in [0.3, 0.4) is 0 Å². The summed E-state index contributed by atoms with van der Waals surface area (Å²) in [5.74, 6) is 1.29. The summed E-state index contributed by atoms with van der Waals surface area (Å²) in [6, 6.07) is 9.90. The summed E-state index contributed by atoms with van der Waals surface area (Å²) in [6.07, 6.45) is 3.75. The predicted octanol–water partition coefficient (Wildman–Crippen LogP) is 4.46. The van der Waals surface area contributed by atoms with Crippen molar-refractivity contribution >= 4 is 27.7 Å². The summed E-state index contributed by atoms with van der Waals surface area (Å²) >= 11 is 5.03. The number of aliphatic hydroxyl groups is 1. The van der Waals surface area contributed by atoms with E-state index in [0.717, 1.165) is 21.4 Å². The lowest BCUT2D eigenvalue weighted by molar-refractivity contribution is 0.202. The molecule has 0 aliphatic carbocycles. The molecule has 0 aliphatic rings. The highest BCUT2D eigenvalue weighted by Gasteiger charge is 2.10. The lowest BCUT2D eigenvalue weighted by atomic mass is 10.2. The molecule has 0 amide bonds. The van der Waals surface area contributed by atoms with Gasteiger partial charge in [-0.1, -0.05) is 22.9 Å². The van der Waals surface area contributed by atoms with Crippen LogP contribution in [0.4, 0.5) is 0 Å². The van der Waals surface area contributed by atoms with E-state index in [1.165, 1.54) is 0 Å². The number of halogens is 1. The molecule has 0 saturated carbocycles. The summed E-state index contributed by atoms with van der Waals surface area (Å²) in [4.78, 5) is 5.25. The first kappa shape index (κ1) is 16.3. The second-order valence-electron chi connectivity index (χ2n) is 4.58. The van der Waals surface area contributed by atoms with Crippen LogP contribution in [0.25, 0.3) is 0 Å². The number of ether oxygens (including phenoxy) is 1. The summed E-state index contributed by atoms with van der Waals surface area (Å²) in [5, 5.41) is 10.3. The number of aliphatic hydroxyl groups excluding tert-OH is 1. The van der Waals surface area contributed by atoms with Gasteiger partial charge < -0.3 is 9.84 Å². The molecule has 5 heteroatoms. The molecule has 0 fully saturated rings. The zero-order chi connectivity index (χ0) is 15.1. The maximum Gasteiger partial charge on any atom is 0.137 e. The van der Waals surface area contributed by atoms with Crippen molar-refractivity contribution in [1.29, 1.82) is 0 Å². The van der Waals surface area contributed by atoms with Gasteiger partial charge in [-0.2, -0.15) is 0 Å². The van der Waals surface area contributed by atoms with Gasteiger partial charge in [0.1, 0.15) is 5.75 Å². The van der Waals surface area contributed by atoms with E-state index in [2.05, 4.69) is 27.8 Å². The zero-order valence-corrected chi connectivity index (χ0v) is 14.2. The Morgan fingerprint density at radius 1 is 1.29 bits per heavy atom. The van der Waals surface area contributed by atoms with Gasteiger partial charge in [-0.05, 0) is 36.8 Å². The van der Waals surface area contributed by atoms with Crippen molar-refractivity contribution in [3.8, 4) is 5.75 Å². The van der Waals surface area contributed by atoms with Gasteiger partial charge in [0, 0.05) is 26.9 Å². The SMILES string of the molecule is CCCOc1cncc(C(O)CSc2ccc(Br)cc2)c1. The number of benzene rings is 1. The van der Waals surface area contributed by atoms with E-state index in [1.807, 2.05) is 30.3 Å². The number of rotatable bonds is 7. The van der Waals surface area contributed by atoms with Crippen molar-refractivity contribution < 1.29 is 9.84 Å². The van der Waals surface area contributed by atoms with E-state index in [0.29, 0.717) is 18.1 Å². The number of nitrogens with zero attached hydrogens (tertiary/aromatic N) is 1. The summed E-state index contributed by atoms with van der Waals surface area (Å²) in [6.45, 7) is 2.72. The molecule has 1 heterocycles. The average Bonchev–Trinajstić information content (AvgIpc) is 2.52. The predicted molar refractivity (Wildman–Crippen MR) is 89.8 cm³/mol. The van der Waals surface area contributed by atoms with Gasteiger partial charge >= 0.3 is 0 Å². The monoisotopic (exact) mass is 367 g/mol. The Morgan fingerprint density at radius 2 is 2.05 bits per heavy atom. The van der Waals surface area contributed by atoms with Crippen LogP contribution in [0.15, 0.2) is 52.1 Å². The average molecular weight is 368 g/mol. The fourth-order valence-corrected chi connectivity index (χ4v) is 2.85. The molecule has 1 aromatic heterocycles. The summed E-state index contributed by atoms with van der Waals surface area (Å²) in [7, 11) is 0. The minimum atomic E-state index is -0.559. The van der Waals surface area contributed by atoms with Gasteiger partial charge in [0.2, 0.25) is 0 Å². The van der Waals surface area contributed by atoms with E-state index in [4.69, 9.17) is 4.74 Å². The van der Waals surface area contributed by atoms with Crippen LogP contribution < -0.4 is 4.74 Å². The van der Waals surface area contributed by atoms with Crippen LogP contribution in [0.2, 0.25) is 0 Å². The van der Waals surface area contributed by atoms with Crippen LogP contribution in [0.1, 0.15) is 25.0 Å². The highest BCUT2D eigenvalue weighted by molar-refractivity contribution is 9.10. The number of thioether (sulfide) groups is 1. The minimum absolute atomic E-state index is 0.559. The van der Waals surface area contributed by atoms with E-state index >= 15 is 0 Å². The molecule has 1 N–H and O–H groups in total. The molecule has 0 radical (unpaired) electrons. The Balaban J connectivity index is 1.93. The molecule has 0 aliphatic heterocycles. The van der Waals surface area contributed by atoms with Crippen LogP contribution in [-0.2, 0) is 0 Å². The van der Waals surface area contributed by atoms with E-state index in [9.17, 15) is 5.11 Å². The Kier molecular flexibility index (Phi) is 6.54. The van der Waals surface area contributed by atoms with Crippen LogP contribution in [0, 0.1) is 0 Å². The van der Waals surface area contributed by atoms with Gasteiger partial charge in [-0.15, -0.1) is 11.8 Å². The van der Waals surface area contributed by atoms with Gasteiger partial charge in [0.25, 0.3) is 0 Å². The molecule has 1 atom stereocenters. The van der Waals surface area contributed by atoms with Crippen molar-refractivity contribution in [1.82, 2.24) is 4.98 Å². The van der Waals surface area contributed by atoms with Crippen molar-refractivity contribution in [3.63, 3.8) is 0 Å². The van der Waals surface area contributed by atoms with Crippen LogP contribution in [-0.4, -0.2) is 22.5 Å². The maximum atomic E-state index is 10.3. The number of aromatic nitrogens is 1. The number of hydrogen-bond donors (Lipinski definition) is 1. The zero-order valence-electron chi connectivity index (χ0n) is 11.8. The first-order valence-electron chi connectivity index (χ1n) is 6.83. The normalized spacial score (nSPS) is 12.1. The van der Waals surface area contributed by atoms with E-state index in [1.54, 1.807) is 24.2 Å². The molecular weight excluding hydrogens is 350 g/mol. The molecule has 3 nitrogen and oxygen atoms in total. The van der Waals surface area contributed by atoms with Gasteiger partial charge in [-0.25, -0.2) is 0 Å². The van der Waals surface area contributed by atoms with Gasteiger partial charge in [0.05, 0.1) is 18.9 Å². The first-order chi connectivity index (χ1) is 10.2. The minimum Gasteiger partial charge on any atom is -0.492 e. The molecule has 2 rings (SSSR count). The van der Waals surface area contributed by atoms with Crippen molar-refractivity contribution in [2.24, 2.45) is 0 Å². The second kappa shape index (κ2) is 8.41. The second-order valence-corrected chi connectivity index (χ2v) is 6.59. The molecule has 21 heavy (non-hydrogen) atoms. The topological polar surface area (TPSA) is 42.4 Å². The molecule has 0 bridgehead atoms. The van der Waals surface area contributed by atoms with Gasteiger partial charge in [0.15, 0.2) is 0 Å². The maximum absolute atomic E-state index is 10.3. The van der Waals surface area contributed by atoms with Crippen molar-refractivity contribution in [2.45, 2.75) is 24.3 Å². The Labute approximate surface area is 137 Å². The molecule has 0 spiro atoms. The highest BCUT2D eigenvalue weighted by Crippen LogP contribution is 2.27. The molecule has 0 saturated heterocycles. The quantitative estimate of drug-likeness (QED) is 0.733. The van der Waals surface area contributed by atoms with E-state index < -0.39 is 6.10 Å². The lowest BCUT2D eigenvalue weighted by Gasteiger charge is -2.12. The molecule has 1 aromatic carbocycles. The molecule has 1 unspecified atom stereocenters. The van der Waals surface area contributed by atoms with Crippen LogP contribution in [0.5, 0.6) is 5.75 Å². The Morgan fingerprint density at radius 3 is 2.76 bits per heavy atom. The fraction of sp³-hybridized carbons (Fsp3) is 0.312. The first-order valence-corrected chi connectivity index (χ1v) is 8.61. The van der Waals surface area contributed by atoms with E-state index in [-0.39, 0.29) is 0 Å². The largest absolute Gasteiger partial charge is 0.492 e. The van der Waals surface area contributed by atoms with Crippen molar-refractivity contribution in [2.75, 3.05) is 12.4 Å². The van der Waals surface area contributed by atoms with Crippen molar-refractivity contribution in [3.05, 3.63) is 52.8 Å². The summed E-state index contributed by atoms with van der Waals surface area (Å²) in [5.41, 5.74) is 0.785. The summed E-state index contributed by atoms with van der Waals surface area (Å²) < 4.78 is 6.59. The standard InChI is InChI=1S/C16H18BrNO2S/c1-2-7-20-14-8-12(9-18-10-14)16(19)11-21-15-5-3-13(17)4-6-15/h3-6,8-10,16,19H,2,7,11H2,1H3. The van der Waals surface area contributed by atoms with Gasteiger partial charge in [-0.3, -0.25) is 4.98 Å². The fourth-order valence-electron chi connectivity index (χ4n) is 1.72. The molecule has 112 valence electrons. The molecule has 2 aromatic rings. The Hall–Kier alpha value is -1.04. The third kappa shape index (κ3) is 5.34. The third-order valence-electron chi connectivity index (χ3n) is 2.81. The third-order valence-corrected chi connectivity index (χ3v) is 4.43. The molecular formula is C16H18BrNO2S. The smallest absolute Gasteiger partial charge is 0.137 e. The number of pyridine rings is 1.